The second-order valence-corrected chi connectivity index (χ2v) is 8.73. The fourth-order valence-electron chi connectivity index (χ4n) is 2.58. The number of carbonyl (C=O) groups excluding carboxylic acids is 1. The van der Waals surface area contributed by atoms with Crippen molar-refractivity contribution in [2.45, 2.75) is 49.0 Å². The predicted molar refractivity (Wildman–Crippen MR) is 76.2 cm³/mol. The van der Waals surface area contributed by atoms with Gasteiger partial charge in [0.25, 0.3) is 0 Å². The van der Waals surface area contributed by atoms with Crippen LogP contribution in [0.3, 0.4) is 0 Å². The number of sulfone groups is 1. The third-order valence-corrected chi connectivity index (χ3v) is 6.84. The molecular formula is C13H18N2O3S2. The van der Waals surface area contributed by atoms with E-state index in [2.05, 4.69) is 4.98 Å². The molecule has 0 aromatic carbocycles. The highest BCUT2D eigenvalue weighted by Crippen LogP contribution is 2.39. The van der Waals surface area contributed by atoms with Crippen molar-refractivity contribution in [1.29, 1.82) is 0 Å². The predicted octanol–water partition coefficient (Wildman–Crippen LogP) is 1.71. The van der Waals surface area contributed by atoms with E-state index in [9.17, 15) is 13.2 Å². The number of carbonyl (C=O) groups is 1. The van der Waals surface area contributed by atoms with Crippen molar-refractivity contribution < 1.29 is 13.2 Å². The molecule has 1 unspecified atom stereocenters. The molecule has 7 heteroatoms. The van der Waals surface area contributed by atoms with Gasteiger partial charge in [0.15, 0.2) is 0 Å². The maximum Gasteiger partial charge on any atom is 0.238 e. The molecule has 2 aliphatic rings. The number of nitrogens with zero attached hydrogens (tertiary/aromatic N) is 2. The lowest BCUT2D eigenvalue weighted by atomic mass is 10.2. The van der Waals surface area contributed by atoms with Gasteiger partial charge < -0.3 is 4.90 Å². The van der Waals surface area contributed by atoms with Gasteiger partial charge >= 0.3 is 0 Å². The monoisotopic (exact) mass is 314 g/mol. The van der Waals surface area contributed by atoms with Crippen molar-refractivity contribution in [3.8, 4) is 0 Å². The van der Waals surface area contributed by atoms with Crippen molar-refractivity contribution in [3.05, 3.63) is 11.6 Å². The van der Waals surface area contributed by atoms with Crippen molar-refractivity contribution in [1.82, 2.24) is 9.88 Å². The molecule has 0 N–H and O–H groups in total. The maximum atomic E-state index is 12.4. The summed E-state index contributed by atoms with van der Waals surface area (Å²) in [6.45, 7) is 2.05. The van der Waals surface area contributed by atoms with Crippen molar-refractivity contribution >= 4 is 27.1 Å². The Hall–Kier alpha value is -0.950. The van der Waals surface area contributed by atoms with Gasteiger partial charge in [-0.15, -0.1) is 11.3 Å². The Morgan fingerprint density at radius 1 is 1.45 bits per heavy atom. The van der Waals surface area contributed by atoms with Gasteiger partial charge in [-0.1, -0.05) is 0 Å². The minimum Gasteiger partial charge on any atom is -0.336 e. The summed E-state index contributed by atoms with van der Waals surface area (Å²) in [5.41, 5.74) is 0. The Bertz CT molecular complexity index is 589. The quantitative estimate of drug-likeness (QED) is 0.801. The van der Waals surface area contributed by atoms with Crippen LogP contribution in [0.4, 0.5) is 0 Å². The lowest BCUT2D eigenvalue weighted by Crippen LogP contribution is -2.44. The van der Waals surface area contributed by atoms with Crippen LogP contribution in [-0.2, 0) is 14.6 Å². The second-order valence-electron chi connectivity index (χ2n) is 5.67. The second kappa shape index (κ2) is 5.11. The Labute approximate surface area is 122 Å². The molecule has 2 fully saturated rings. The van der Waals surface area contributed by atoms with Gasteiger partial charge in [-0.3, -0.25) is 4.79 Å². The molecule has 20 heavy (non-hydrogen) atoms. The molecule has 1 amide bonds. The molecule has 5 nitrogen and oxygen atoms in total. The van der Waals surface area contributed by atoms with Crippen molar-refractivity contribution in [3.63, 3.8) is 0 Å². The Morgan fingerprint density at radius 2 is 2.15 bits per heavy atom. The average molecular weight is 314 g/mol. The third kappa shape index (κ3) is 2.88. The zero-order valence-corrected chi connectivity index (χ0v) is 13.0. The largest absolute Gasteiger partial charge is 0.336 e. The van der Waals surface area contributed by atoms with Crippen molar-refractivity contribution in [2.75, 3.05) is 5.75 Å². The number of aromatic nitrogens is 1. The van der Waals surface area contributed by atoms with E-state index in [0.717, 1.165) is 37.0 Å². The smallest absolute Gasteiger partial charge is 0.238 e. The zero-order chi connectivity index (χ0) is 14.3. The number of hydrogen-bond acceptors (Lipinski definition) is 5. The zero-order valence-electron chi connectivity index (χ0n) is 11.4. The highest BCUT2D eigenvalue weighted by molar-refractivity contribution is 7.93. The number of hydrogen-bond donors (Lipinski definition) is 0. The number of thiazole rings is 1. The molecule has 0 spiro atoms. The van der Waals surface area contributed by atoms with E-state index in [1.54, 1.807) is 5.38 Å². The molecule has 0 aliphatic heterocycles. The van der Waals surface area contributed by atoms with Gasteiger partial charge in [0, 0.05) is 23.7 Å². The van der Waals surface area contributed by atoms with Gasteiger partial charge in [-0.05, 0) is 38.5 Å². The molecule has 110 valence electrons. The Kier molecular flexibility index (Phi) is 3.58. The average Bonchev–Trinajstić information content (AvgIpc) is 3.29. The van der Waals surface area contributed by atoms with Gasteiger partial charge in [-0.2, -0.15) is 0 Å². The van der Waals surface area contributed by atoms with Crippen LogP contribution in [0.25, 0.3) is 0 Å². The van der Waals surface area contributed by atoms with Gasteiger partial charge in [0.05, 0.1) is 0 Å². The van der Waals surface area contributed by atoms with E-state index in [1.165, 1.54) is 6.20 Å². The summed E-state index contributed by atoms with van der Waals surface area (Å²) < 4.78 is 24.4. The van der Waals surface area contributed by atoms with Crippen LogP contribution in [0.1, 0.15) is 32.6 Å². The summed E-state index contributed by atoms with van der Waals surface area (Å²) in [7, 11) is -3.59. The molecule has 3 rings (SSSR count). The van der Waals surface area contributed by atoms with Crippen LogP contribution in [-0.4, -0.2) is 42.0 Å². The SMILES string of the molecule is CC(C1CC1)N(C(=O)CS(=O)(=O)c1nccs1)C1CC1. The molecular weight excluding hydrogens is 296 g/mol. The van der Waals surface area contributed by atoms with E-state index < -0.39 is 15.6 Å². The topological polar surface area (TPSA) is 67.3 Å². The molecule has 2 aliphatic carbocycles. The van der Waals surface area contributed by atoms with E-state index >= 15 is 0 Å². The fourth-order valence-corrected chi connectivity index (χ4v) is 4.69. The third-order valence-electron chi connectivity index (χ3n) is 3.96. The molecule has 1 heterocycles. The summed E-state index contributed by atoms with van der Waals surface area (Å²) in [6, 6.07) is 0.422. The summed E-state index contributed by atoms with van der Waals surface area (Å²) in [6.07, 6.45) is 5.75. The maximum absolute atomic E-state index is 12.4. The molecule has 0 saturated heterocycles. The summed E-state index contributed by atoms with van der Waals surface area (Å²) in [5.74, 6) is -0.155. The van der Waals surface area contributed by atoms with Gasteiger partial charge in [0.1, 0.15) is 5.75 Å². The minimum atomic E-state index is -3.59. The first-order chi connectivity index (χ1) is 9.49. The van der Waals surface area contributed by atoms with Crippen LogP contribution in [0.15, 0.2) is 15.9 Å². The molecule has 1 aromatic heterocycles. The highest BCUT2D eigenvalue weighted by Gasteiger charge is 2.42. The Morgan fingerprint density at radius 3 is 2.65 bits per heavy atom. The van der Waals surface area contributed by atoms with E-state index in [4.69, 9.17) is 0 Å². The summed E-state index contributed by atoms with van der Waals surface area (Å²) in [5, 5.41) is 1.61. The summed E-state index contributed by atoms with van der Waals surface area (Å²) >= 11 is 1.06. The first-order valence-corrected chi connectivity index (χ1v) is 9.45. The first-order valence-electron chi connectivity index (χ1n) is 6.92. The van der Waals surface area contributed by atoms with E-state index in [0.29, 0.717) is 5.92 Å². The number of amides is 1. The molecule has 2 saturated carbocycles. The lowest BCUT2D eigenvalue weighted by molar-refractivity contribution is -0.131. The van der Waals surface area contributed by atoms with E-state index in [1.807, 2.05) is 11.8 Å². The minimum absolute atomic E-state index is 0.0423. The van der Waals surface area contributed by atoms with Crippen LogP contribution in [0, 0.1) is 5.92 Å². The molecule has 1 atom stereocenters. The standard InChI is InChI=1S/C13H18N2O3S2/c1-9(10-2-3-10)15(11-4-5-11)12(16)8-20(17,18)13-14-6-7-19-13/h6-7,9-11H,2-5,8H2,1H3. The first kappa shape index (κ1) is 14.0. The molecule has 1 aromatic rings. The van der Waals surface area contributed by atoms with Crippen LogP contribution in [0.2, 0.25) is 0 Å². The normalized spacial score (nSPS) is 20.6. The fraction of sp³-hybridized carbons (Fsp3) is 0.692. The molecule has 0 radical (unpaired) electrons. The van der Waals surface area contributed by atoms with Crippen LogP contribution >= 0.6 is 11.3 Å². The van der Waals surface area contributed by atoms with Crippen molar-refractivity contribution in [2.24, 2.45) is 5.92 Å². The van der Waals surface area contributed by atoms with Gasteiger partial charge in [-0.25, -0.2) is 13.4 Å². The van der Waals surface area contributed by atoms with E-state index in [-0.39, 0.29) is 22.3 Å². The van der Waals surface area contributed by atoms with Crippen LogP contribution in [0.5, 0.6) is 0 Å². The number of rotatable bonds is 6. The molecule has 0 bridgehead atoms. The lowest BCUT2D eigenvalue weighted by Gasteiger charge is -2.29. The Balaban J connectivity index is 1.73. The van der Waals surface area contributed by atoms with Crippen LogP contribution < -0.4 is 0 Å². The van der Waals surface area contributed by atoms with Gasteiger partial charge in [0.2, 0.25) is 20.1 Å². The highest BCUT2D eigenvalue weighted by atomic mass is 32.2. The summed E-state index contributed by atoms with van der Waals surface area (Å²) in [4.78, 5) is 18.1.